The summed E-state index contributed by atoms with van der Waals surface area (Å²) in [7, 11) is 0. The second-order valence-electron chi connectivity index (χ2n) is 5.67. The number of rotatable bonds is 5. The quantitative estimate of drug-likeness (QED) is 0.816. The minimum absolute atomic E-state index is 0.119. The molecule has 2 aromatic carbocycles. The summed E-state index contributed by atoms with van der Waals surface area (Å²) < 4.78 is 5.59. The van der Waals surface area contributed by atoms with Crippen LogP contribution in [-0.2, 0) is 11.2 Å². The van der Waals surface area contributed by atoms with Gasteiger partial charge in [-0.2, -0.15) is 0 Å². The normalized spacial score (nSPS) is 12.8. The van der Waals surface area contributed by atoms with Crippen LogP contribution in [0.1, 0.15) is 17.5 Å². The zero-order valence-corrected chi connectivity index (χ0v) is 13.8. The first kappa shape index (κ1) is 16.4. The van der Waals surface area contributed by atoms with E-state index in [1.54, 1.807) is 30.3 Å². The highest BCUT2D eigenvalue weighted by Crippen LogP contribution is 2.28. The van der Waals surface area contributed by atoms with Crippen molar-refractivity contribution in [1.29, 1.82) is 0 Å². The number of hydrogen-bond acceptors (Lipinski definition) is 3. The maximum Gasteiger partial charge on any atom is 0.250 e. The standard InChI is InChI=1S/C19H18ClNO3/c20-16-5-8-18-14(11-16)10-15(12-24-18)19(23)21-9-1-2-13-3-6-17(22)7-4-13/h3-8,10-11,22H,1-2,9,12H2,(H,21,23). The number of fused-ring (bicyclic) bond motifs is 1. The molecule has 0 fully saturated rings. The summed E-state index contributed by atoms with van der Waals surface area (Å²) >= 11 is 5.97. The molecule has 0 unspecified atom stereocenters. The van der Waals surface area contributed by atoms with Gasteiger partial charge in [-0.05, 0) is 54.8 Å². The Balaban J connectivity index is 1.51. The largest absolute Gasteiger partial charge is 0.508 e. The lowest BCUT2D eigenvalue weighted by molar-refractivity contribution is -0.117. The van der Waals surface area contributed by atoms with E-state index >= 15 is 0 Å². The van der Waals surface area contributed by atoms with Gasteiger partial charge in [0.1, 0.15) is 18.1 Å². The fourth-order valence-corrected chi connectivity index (χ4v) is 2.73. The summed E-state index contributed by atoms with van der Waals surface area (Å²) in [5, 5.41) is 12.8. The monoisotopic (exact) mass is 343 g/mol. The minimum atomic E-state index is -0.119. The first-order chi connectivity index (χ1) is 11.6. The van der Waals surface area contributed by atoms with Crippen molar-refractivity contribution in [2.24, 2.45) is 0 Å². The Hall–Kier alpha value is -2.46. The van der Waals surface area contributed by atoms with Crippen LogP contribution in [0.25, 0.3) is 6.08 Å². The van der Waals surface area contributed by atoms with Crippen molar-refractivity contribution in [3.63, 3.8) is 0 Å². The first-order valence-corrected chi connectivity index (χ1v) is 8.18. The number of benzene rings is 2. The fourth-order valence-electron chi connectivity index (χ4n) is 2.55. The smallest absolute Gasteiger partial charge is 0.250 e. The lowest BCUT2D eigenvalue weighted by Gasteiger charge is -2.17. The molecule has 2 N–H and O–H groups in total. The van der Waals surface area contributed by atoms with Crippen LogP contribution in [-0.4, -0.2) is 24.2 Å². The first-order valence-electron chi connectivity index (χ1n) is 7.81. The number of nitrogens with one attached hydrogen (secondary N) is 1. The van der Waals surface area contributed by atoms with Gasteiger partial charge in [0, 0.05) is 17.1 Å². The van der Waals surface area contributed by atoms with Crippen molar-refractivity contribution >= 4 is 23.6 Å². The topological polar surface area (TPSA) is 58.6 Å². The van der Waals surface area contributed by atoms with E-state index in [1.807, 2.05) is 18.2 Å². The molecular weight excluding hydrogens is 326 g/mol. The van der Waals surface area contributed by atoms with Crippen molar-refractivity contribution in [1.82, 2.24) is 5.32 Å². The van der Waals surface area contributed by atoms with Crippen LogP contribution in [0.15, 0.2) is 48.0 Å². The van der Waals surface area contributed by atoms with Crippen LogP contribution in [0, 0.1) is 0 Å². The Kier molecular flexibility index (Phi) is 5.06. The molecule has 5 heteroatoms. The zero-order valence-electron chi connectivity index (χ0n) is 13.1. The molecule has 2 aromatic rings. The molecule has 124 valence electrons. The van der Waals surface area contributed by atoms with Gasteiger partial charge >= 0.3 is 0 Å². The molecule has 3 rings (SSSR count). The van der Waals surface area contributed by atoms with E-state index in [0.29, 0.717) is 17.1 Å². The van der Waals surface area contributed by atoms with Crippen molar-refractivity contribution in [3.05, 3.63) is 64.2 Å². The van der Waals surface area contributed by atoms with Crippen LogP contribution in [0.3, 0.4) is 0 Å². The SMILES string of the molecule is O=C(NCCCc1ccc(O)cc1)C1=Cc2cc(Cl)ccc2OC1. The van der Waals surface area contributed by atoms with Gasteiger partial charge < -0.3 is 15.2 Å². The van der Waals surface area contributed by atoms with Gasteiger partial charge in [-0.25, -0.2) is 0 Å². The molecule has 1 heterocycles. The van der Waals surface area contributed by atoms with Gasteiger partial charge in [-0.1, -0.05) is 23.7 Å². The summed E-state index contributed by atoms with van der Waals surface area (Å²) in [6.07, 6.45) is 3.49. The molecule has 0 saturated heterocycles. The van der Waals surface area contributed by atoms with Crippen molar-refractivity contribution in [2.45, 2.75) is 12.8 Å². The van der Waals surface area contributed by atoms with E-state index in [2.05, 4.69) is 5.32 Å². The second kappa shape index (κ2) is 7.41. The third-order valence-corrected chi connectivity index (χ3v) is 4.08. The molecule has 0 aromatic heterocycles. The highest BCUT2D eigenvalue weighted by molar-refractivity contribution is 6.30. The van der Waals surface area contributed by atoms with Gasteiger partial charge in [0.05, 0.1) is 5.57 Å². The number of carbonyl (C=O) groups excluding carboxylic acids is 1. The number of aryl methyl sites for hydroxylation is 1. The molecule has 1 aliphatic heterocycles. The third kappa shape index (κ3) is 4.09. The maximum absolute atomic E-state index is 12.2. The average Bonchev–Trinajstić information content (AvgIpc) is 2.59. The third-order valence-electron chi connectivity index (χ3n) is 3.84. The van der Waals surface area contributed by atoms with Crippen molar-refractivity contribution in [3.8, 4) is 11.5 Å². The van der Waals surface area contributed by atoms with Crippen molar-refractivity contribution < 1.29 is 14.6 Å². The molecule has 0 bridgehead atoms. The van der Waals surface area contributed by atoms with E-state index in [1.165, 1.54) is 0 Å². The van der Waals surface area contributed by atoms with Gasteiger partial charge in [-0.3, -0.25) is 4.79 Å². The Morgan fingerprint density at radius 1 is 1.21 bits per heavy atom. The van der Waals surface area contributed by atoms with E-state index in [4.69, 9.17) is 16.3 Å². The molecule has 0 aliphatic carbocycles. The highest BCUT2D eigenvalue weighted by atomic mass is 35.5. The zero-order chi connectivity index (χ0) is 16.9. The van der Waals surface area contributed by atoms with Gasteiger partial charge in [0.25, 0.3) is 5.91 Å². The molecule has 0 saturated carbocycles. The highest BCUT2D eigenvalue weighted by Gasteiger charge is 2.17. The summed E-state index contributed by atoms with van der Waals surface area (Å²) in [6, 6.07) is 12.5. The average molecular weight is 344 g/mol. The molecule has 0 spiro atoms. The van der Waals surface area contributed by atoms with Gasteiger partial charge in [0.2, 0.25) is 0 Å². The predicted molar refractivity (Wildman–Crippen MR) is 94.4 cm³/mol. The maximum atomic E-state index is 12.2. The number of aromatic hydroxyl groups is 1. The lowest BCUT2D eigenvalue weighted by atomic mass is 10.1. The van der Waals surface area contributed by atoms with Crippen LogP contribution in [0.4, 0.5) is 0 Å². The summed E-state index contributed by atoms with van der Waals surface area (Å²) in [6.45, 7) is 0.845. The van der Waals surface area contributed by atoms with Crippen LogP contribution in [0.2, 0.25) is 5.02 Å². The van der Waals surface area contributed by atoms with Gasteiger partial charge in [0.15, 0.2) is 0 Å². The molecule has 1 amide bonds. The number of phenols is 1. The van der Waals surface area contributed by atoms with Crippen LogP contribution >= 0.6 is 11.6 Å². The number of phenolic OH excluding ortho intramolecular Hbond substituents is 1. The number of halogens is 1. The number of carbonyl (C=O) groups is 1. The molecule has 0 radical (unpaired) electrons. The molecule has 24 heavy (non-hydrogen) atoms. The lowest BCUT2D eigenvalue weighted by Crippen LogP contribution is -2.29. The molecule has 0 atom stereocenters. The number of hydrogen-bond donors (Lipinski definition) is 2. The summed E-state index contributed by atoms with van der Waals surface area (Å²) in [5.41, 5.74) is 2.54. The molecule has 4 nitrogen and oxygen atoms in total. The summed E-state index contributed by atoms with van der Waals surface area (Å²) in [4.78, 5) is 12.2. The molecular formula is C19H18ClNO3. The van der Waals surface area contributed by atoms with E-state index in [-0.39, 0.29) is 18.3 Å². The number of ether oxygens (including phenoxy) is 1. The fraction of sp³-hybridized carbons (Fsp3) is 0.211. The van der Waals surface area contributed by atoms with Crippen LogP contribution < -0.4 is 10.1 Å². The van der Waals surface area contributed by atoms with Crippen LogP contribution in [0.5, 0.6) is 11.5 Å². The van der Waals surface area contributed by atoms with Crippen molar-refractivity contribution in [2.75, 3.05) is 13.2 Å². The van der Waals surface area contributed by atoms with E-state index in [9.17, 15) is 9.90 Å². The minimum Gasteiger partial charge on any atom is -0.508 e. The Morgan fingerprint density at radius 2 is 2.00 bits per heavy atom. The Bertz CT molecular complexity index is 769. The van der Waals surface area contributed by atoms with E-state index in [0.717, 1.165) is 29.7 Å². The molecule has 1 aliphatic rings. The number of amides is 1. The van der Waals surface area contributed by atoms with E-state index < -0.39 is 0 Å². The second-order valence-corrected chi connectivity index (χ2v) is 6.10. The Morgan fingerprint density at radius 3 is 2.79 bits per heavy atom. The Labute approximate surface area is 145 Å². The predicted octanol–water partition coefficient (Wildman–Crippen LogP) is 3.57. The van der Waals surface area contributed by atoms with Gasteiger partial charge in [-0.15, -0.1) is 0 Å². The summed E-state index contributed by atoms with van der Waals surface area (Å²) in [5.74, 6) is 0.881.